The Morgan fingerprint density at radius 2 is 1.68 bits per heavy atom. The number of benzene rings is 1. The van der Waals surface area contributed by atoms with E-state index >= 15 is 0 Å². The number of hydrogen-bond donors (Lipinski definition) is 0. The molecule has 0 aliphatic carbocycles. The third kappa shape index (κ3) is 3.60. The van der Waals surface area contributed by atoms with Gasteiger partial charge in [-0.3, -0.25) is 0 Å². The second-order valence-electron chi connectivity index (χ2n) is 5.20. The van der Waals surface area contributed by atoms with Crippen LogP contribution in [0.4, 0.5) is 0 Å². The highest BCUT2D eigenvalue weighted by molar-refractivity contribution is 6.73. The van der Waals surface area contributed by atoms with Crippen LogP contribution >= 0.6 is 11.6 Å². The molecule has 0 bridgehead atoms. The Labute approximate surface area is 122 Å². The Balaban J connectivity index is 1.85. The third-order valence-corrected chi connectivity index (χ3v) is 9.16. The van der Waals surface area contributed by atoms with Crippen LogP contribution in [0.15, 0.2) is 24.3 Å². The number of rotatable bonds is 7. The second kappa shape index (κ2) is 6.40. The fraction of sp³-hybridized carbons (Fsp3) is 0.600. The van der Waals surface area contributed by atoms with Crippen LogP contribution in [-0.2, 0) is 9.16 Å². The maximum absolute atomic E-state index is 6.26. The van der Waals surface area contributed by atoms with Crippen LogP contribution < -0.4 is 0 Å². The van der Waals surface area contributed by atoms with Gasteiger partial charge in [-0.1, -0.05) is 44.5 Å². The number of hydrogen-bond acceptors (Lipinski definition) is 2. The Kier molecular flexibility index (Phi) is 5.07. The summed E-state index contributed by atoms with van der Waals surface area (Å²) in [6, 6.07) is 11.5. The smallest absolute Gasteiger partial charge is 0.192 e. The zero-order valence-corrected chi connectivity index (χ0v) is 13.7. The summed E-state index contributed by atoms with van der Waals surface area (Å²) in [6.45, 7) is 7.51. The molecule has 106 valence electrons. The fourth-order valence-corrected chi connectivity index (χ4v) is 5.29. The Hall–Kier alpha value is -0.353. The van der Waals surface area contributed by atoms with Crippen LogP contribution in [-0.4, -0.2) is 21.0 Å². The molecule has 2 nitrogen and oxygen atoms in total. The summed E-state index contributed by atoms with van der Waals surface area (Å²) in [7, 11) is -1.48. The van der Waals surface area contributed by atoms with Gasteiger partial charge in [-0.2, -0.15) is 0 Å². The minimum Gasteiger partial charge on any atom is -0.414 e. The molecule has 0 saturated carbocycles. The van der Waals surface area contributed by atoms with E-state index in [0.29, 0.717) is 0 Å². The highest BCUT2D eigenvalue weighted by Crippen LogP contribution is 2.40. The molecule has 1 fully saturated rings. The van der Waals surface area contributed by atoms with Crippen LogP contribution in [0.25, 0.3) is 0 Å². The second-order valence-corrected chi connectivity index (χ2v) is 10.4. The van der Waals surface area contributed by atoms with Gasteiger partial charge in [0.25, 0.3) is 0 Å². The molecule has 1 saturated heterocycles. The van der Waals surface area contributed by atoms with Gasteiger partial charge in [0.2, 0.25) is 0 Å². The lowest BCUT2D eigenvalue weighted by molar-refractivity contribution is 0.248. The predicted octanol–water partition coefficient (Wildman–Crippen LogP) is 4.80. The summed E-state index contributed by atoms with van der Waals surface area (Å²) >= 11 is 5.89. The molecular weight excluding hydrogens is 276 g/mol. The highest BCUT2D eigenvalue weighted by Gasteiger charge is 2.42. The van der Waals surface area contributed by atoms with E-state index in [1.807, 2.05) is 24.3 Å². The van der Waals surface area contributed by atoms with E-state index in [-0.39, 0.29) is 12.2 Å². The lowest BCUT2D eigenvalue weighted by Gasteiger charge is -2.27. The van der Waals surface area contributed by atoms with E-state index in [9.17, 15) is 0 Å². The van der Waals surface area contributed by atoms with Gasteiger partial charge < -0.3 is 9.16 Å². The first kappa shape index (κ1) is 15.0. The molecular formula is C15H23ClO2Si. The standard InChI is InChI=1S/C15H23ClO2Si/c1-4-19(5-2,6-3)17-11-14-15(18-14)12-7-9-13(16)10-8-12/h7-10,14-15H,4-6,11H2,1-3H3/t14-,15-/m1/s1. The van der Waals surface area contributed by atoms with Crippen molar-refractivity contribution in [2.45, 2.75) is 51.1 Å². The zero-order valence-electron chi connectivity index (χ0n) is 12.0. The van der Waals surface area contributed by atoms with E-state index in [1.165, 1.54) is 23.7 Å². The van der Waals surface area contributed by atoms with Gasteiger partial charge in [-0.25, -0.2) is 0 Å². The molecule has 0 aromatic heterocycles. The molecule has 0 N–H and O–H groups in total. The van der Waals surface area contributed by atoms with Gasteiger partial charge in [0, 0.05) is 5.02 Å². The molecule has 4 heteroatoms. The molecule has 2 rings (SSSR count). The Bertz CT molecular complexity index is 395. The SMILES string of the molecule is CC[Si](CC)(CC)OC[C@H]1O[C@@H]1c1ccc(Cl)cc1. The number of epoxide rings is 1. The summed E-state index contributed by atoms with van der Waals surface area (Å²) in [5.41, 5.74) is 1.20. The van der Waals surface area contributed by atoms with Crippen molar-refractivity contribution in [1.82, 2.24) is 0 Å². The molecule has 0 radical (unpaired) electrons. The molecule has 0 amide bonds. The van der Waals surface area contributed by atoms with E-state index in [2.05, 4.69) is 20.8 Å². The van der Waals surface area contributed by atoms with Gasteiger partial charge in [0.1, 0.15) is 12.2 Å². The van der Waals surface area contributed by atoms with Crippen LogP contribution in [0.3, 0.4) is 0 Å². The van der Waals surface area contributed by atoms with Crippen molar-refractivity contribution in [2.75, 3.05) is 6.61 Å². The van der Waals surface area contributed by atoms with E-state index in [1.54, 1.807) is 0 Å². The molecule has 0 spiro atoms. The summed E-state index contributed by atoms with van der Waals surface area (Å²) in [6.07, 6.45) is 0.437. The third-order valence-electron chi connectivity index (χ3n) is 4.27. The lowest BCUT2D eigenvalue weighted by Crippen LogP contribution is -2.37. The van der Waals surface area contributed by atoms with Crippen molar-refractivity contribution in [3.63, 3.8) is 0 Å². The topological polar surface area (TPSA) is 21.8 Å². The number of ether oxygens (including phenoxy) is 1. The minimum absolute atomic E-state index is 0.203. The maximum atomic E-state index is 6.26. The van der Waals surface area contributed by atoms with E-state index < -0.39 is 8.32 Å². The average molecular weight is 299 g/mol. The van der Waals surface area contributed by atoms with Crippen molar-refractivity contribution in [3.05, 3.63) is 34.9 Å². The van der Waals surface area contributed by atoms with Gasteiger partial charge >= 0.3 is 0 Å². The summed E-state index contributed by atoms with van der Waals surface area (Å²) in [5, 5.41) is 0.770. The van der Waals surface area contributed by atoms with Crippen LogP contribution in [0.1, 0.15) is 32.4 Å². The van der Waals surface area contributed by atoms with E-state index in [0.717, 1.165) is 11.6 Å². The van der Waals surface area contributed by atoms with Crippen molar-refractivity contribution in [2.24, 2.45) is 0 Å². The quantitative estimate of drug-likeness (QED) is 0.533. The van der Waals surface area contributed by atoms with Crippen LogP contribution in [0, 0.1) is 0 Å². The average Bonchev–Trinajstić information content (AvgIpc) is 3.21. The summed E-state index contributed by atoms with van der Waals surface area (Å²) in [4.78, 5) is 0. The van der Waals surface area contributed by atoms with Crippen molar-refractivity contribution in [3.8, 4) is 0 Å². The minimum atomic E-state index is -1.48. The van der Waals surface area contributed by atoms with Gasteiger partial charge in [0.05, 0.1) is 6.61 Å². The van der Waals surface area contributed by atoms with E-state index in [4.69, 9.17) is 20.8 Å². The monoisotopic (exact) mass is 298 g/mol. The molecule has 1 aliphatic heterocycles. The van der Waals surface area contributed by atoms with Crippen molar-refractivity contribution < 1.29 is 9.16 Å². The normalized spacial score (nSPS) is 22.5. The molecule has 1 aromatic carbocycles. The van der Waals surface area contributed by atoms with Gasteiger partial charge in [0.15, 0.2) is 8.32 Å². The molecule has 1 aromatic rings. The Morgan fingerprint density at radius 1 is 1.11 bits per heavy atom. The Morgan fingerprint density at radius 3 is 2.21 bits per heavy atom. The lowest BCUT2D eigenvalue weighted by atomic mass is 10.1. The van der Waals surface area contributed by atoms with Gasteiger partial charge in [-0.15, -0.1) is 0 Å². The summed E-state index contributed by atoms with van der Waals surface area (Å²) < 4.78 is 12.0. The molecule has 19 heavy (non-hydrogen) atoms. The first-order valence-electron chi connectivity index (χ1n) is 7.19. The van der Waals surface area contributed by atoms with Crippen molar-refractivity contribution in [1.29, 1.82) is 0 Å². The molecule has 1 heterocycles. The molecule has 2 atom stereocenters. The first-order chi connectivity index (χ1) is 9.14. The molecule has 1 aliphatic rings. The highest BCUT2D eigenvalue weighted by atomic mass is 35.5. The van der Waals surface area contributed by atoms with Crippen LogP contribution in [0.5, 0.6) is 0 Å². The maximum Gasteiger partial charge on any atom is 0.192 e. The first-order valence-corrected chi connectivity index (χ1v) is 10.1. The number of halogens is 1. The van der Waals surface area contributed by atoms with Crippen molar-refractivity contribution >= 4 is 19.9 Å². The largest absolute Gasteiger partial charge is 0.414 e. The molecule has 0 unspecified atom stereocenters. The van der Waals surface area contributed by atoms with Gasteiger partial charge in [-0.05, 0) is 35.8 Å². The summed E-state index contributed by atoms with van der Waals surface area (Å²) in [5.74, 6) is 0. The fourth-order valence-electron chi connectivity index (χ4n) is 2.53. The predicted molar refractivity (Wildman–Crippen MR) is 82.2 cm³/mol. The van der Waals surface area contributed by atoms with Crippen LogP contribution in [0.2, 0.25) is 23.2 Å². The zero-order chi connectivity index (χ0) is 13.9.